The summed E-state index contributed by atoms with van der Waals surface area (Å²) in [6.07, 6.45) is -2.10. The molecule has 1 aromatic carbocycles. The number of ether oxygens (including phenoxy) is 3. The van der Waals surface area contributed by atoms with Crippen LogP contribution >= 0.6 is 0 Å². The van der Waals surface area contributed by atoms with Crippen molar-refractivity contribution < 1.29 is 23.8 Å². The standard InChI is InChI=1S/C18H22N2O5/c1-18(2,3)25-17(22)24-15-11-20(10-14(15)19-4)16(21)23-12-13-8-6-5-7-9-13/h5-9,14-15H,10-12H2,1-3H3/t14-,15-/m0/s1. The predicted molar refractivity (Wildman–Crippen MR) is 89.7 cm³/mol. The van der Waals surface area contributed by atoms with Gasteiger partial charge >= 0.3 is 12.2 Å². The van der Waals surface area contributed by atoms with Gasteiger partial charge in [0.05, 0.1) is 6.54 Å². The van der Waals surface area contributed by atoms with E-state index in [1.807, 2.05) is 30.3 Å². The summed E-state index contributed by atoms with van der Waals surface area (Å²) < 4.78 is 15.6. The molecule has 1 aromatic rings. The fourth-order valence-corrected chi connectivity index (χ4v) is 2.35. The van der Waals surface area contributed by atoms with E-state index in [1.165, 1.54) is 4.90 Å². The number of amides is 1. The predicted octanol–water partition coefficient (Wildman–Crippen LogP) is 3.25. The molecule has 1 aliphatic rings. The zero-order valence-corrected chi connectivity index (χ0v) is 14.6. The summed E-state index contributed by atoms with van der Waals surface area (Å²) in [5.41, 5.74) is 0.191. The van der Waals surface area contributed by atoms with Crippen molar-refractivity contribution in [2.45, 2.75) is 45.1 Å². The maximum atomic E-state index is 12.2. The Kier molecular flexibility index (Phi) is 5.86. The summed E-state index contributed by atoms with van der Waals surface area (Å²) in [4.78, 5) is 28.8. The first-order valence-electron chi connectivity index (χ1n) is 8.00. The topological polar surface area (TPSA) is 69.4 Å². The van der Waals surface area contributed by atoms with Crippen molar-refractivity contribution in [1.29, 1.82) is 0 Å². The molecule has 0 spiro atoms. The van der Waals surface area contributed by atoms with E-state index < -0.39 is 30.0 Å². The largest absolute Gasteiger partial charge is 0.509 e. The Morgan fingerprint density at radius 2 is 1.92 bits per heavy atom. The molecule has 0 aliphatic carbocycles. The van der Waals surface area contributed by atoms with Crippen LogP contribution in [-0.2, 0) is 20.8 Å². The Bertz CT molecular complexity index is 648. The lowest BCUT2D eigenvalue weighted by molar-refractivity contribution is -0.0255. The smallest absolute Gasteiger partial charge is 0.445 e. The van der Waals surface area contributed by atoms with Gasteiger partial charge in [-0.05, 0) is 26.3 Å². The molecular formula is C18H22N2O5. The number of benzene rings is 1. The number of nitrogens with zero attached hydrogens (tertiary/aromatic N) is 2. The Morgan fingerprint density at radius 1 is 1.24 bits per heavy atom. The fraction of sp³-hybridized carbons (Fsp3) is 0.500. The maximum Gasteiger partial charge on any atom is 0.509 e. The van der Waals surface area contributed by atoms with E-state index >= 15 is 0 Å². The first-order chi connectivity index (χ1) is 11.8. The van der Waals surface area contributed by atoms with E-state index in [0.29, 0.717) is 0 Å². The molecule has 1 saturated heterocycles. The third kappa shape index (κ3) is 5.68. The summed E-state index contributed by atoms with van der Waals surface area (Å²) in [6.45, 7) is 12.8. The summed E-state index contributed by atoms with van der Waals surface area (Å²) in [5, 5.41) is 0. The van der Waals surface area contributed by atoms with Crippen molar-refractivity contribution in [3.63, 3.8) is 0 Å². The van der Waals surface area contributed by atoms with Gasteiger partial charge in [0, 0.05) is 0 Å². The molecule has 0 aromatic heterocycles. The SMILES string of the molecule is [C-]#[N+][C@H]1CN(C(=O)OCc2ccccc2)C[C@@H]1OC(=O)OC(C)(C)C. The molecule has 1 amide bonds. The van der Waals surface area contributed by atoms with Crippen LogP contribution in [0.5, 0.6) is 0 Å². The van der Waals surface area contributed by atoms with Gasteiger partial charge in [0.25, 0.3) is 6.04 Å². The van der Waals surface area contributed by atoms with Crippen LogP contribution in [0, 0.1) is 6.57 Å². The molecule has 0 unspecified atom stereocenters. The van der Waals surface area contributed by atoms with E-state index in [9.17, 15) is 9.59 Å². The van der Waals surface area contributed by atoms with Crippen LogP contribution in [0.25, 0.3) is 4.85 Å². The Hall–Kier alpha value is -2.75. The highest BCUT2D eigenvalue weighted by Gasteiger charge is 2.43. The van der Waals surface area contributed by atoms with Crippen molar-refractivity contribution in [2.24, 2.45) is 0 Å². The third-order valence-corrected chi connectivity index (χ3v) is 3.50. The van der Waals surface area contributed by atoms with Crippen molar-refractivity contribution in [3.05, 3.63) is 47.3 Å². The molecule has 1 heterocycles. The Balaban J connectivity index is 1.88. The van der Waals surface area contributed by atoms with Crippen molar-refractivity contribution in [3.8, 4) is 0 Å². The maximum absolute atomic E-state index is 12.2. The summed E-state index contributed by atoms with van der Waals surface area (Å²) in [7, 11) is 0. The summed E-state index contributed by atoms with van der Waals surface area (Å²) in [6, 6.07) is 8.68. The summed E-state index contributed by atoms with van der Waals surface area (Å²) >= 11 is 0. The second-order valence-corrected chi connectivity index (χ2v) is 6.76. The molecule has 1 aliphatic heterocycles. The van der Waals surface area contributed by atoms with Crippen LogP contribution < -0.4 is 0 Å². The summed E-state index contributed by atoms with van der Waals surface area (Å²) in [5.74, 6) is 0. The molecule has 7 heteroatoms. The van der Waals surface area contributed by atoms with Gasteiger partial charge in [0.1, 0.15) is 18.8 Å². The van der Waals surface area contributed by atoms with E-state index in [4.69, 9.17) is 20.8 Å². The van der Waals surface area contributed by atoms with Crippen LogP contribution in [-0.4, -0.2) is 48.0 Å². The quantitative estimate of drug-likeness (QED) is 0.621. The lowest BCUT2D eigenvalue weighted by Gasteiger charge is -2.20. The third-order valence-electron chi connectivity index (χ3n) is 3.50. The van der Waals surface area contributed by atoms with Crippen LogP contribution in [0.2, 0.25) is 0 Å². The van der Waals surface area contributed by atoms with Gasteiger partial charge in [-0.3, -0.25) is 4.90 Å². The van der Waals surface area contributed by atoms with Gasteiger partial charge in [-0.1, -0.05) is 30.3 Å². The Morgan fingerprint density at radius 3 is 2.52 bits per heavy atom. The van der Waals surface area contributed by atoms with Gasteiger partial charge in [-0.25, -0.2) is 16.2 Å². The average molecular weight is 346 g/mol. The van der Waals surface area contributed by atoms with Crippen molar-refractivity contribution >= 4 is 12.2 Å². The number of carbonyl (C=O) groups is 2. The molecule has 2 atom stereocenters. The highest BCUT2D eigenvalue weighted by molar-refractivity contribution is 5.68. The minimum atomic E-state index is -0.842. The van der Waals surface area contributed by atoms with Crippen LogP contribution in [0.15, 0.2) is 30.3 Å². The molecule has 7 nitrogen and oxygen atoms in total. The fourth-order valence-electron chi connectivity index (χ4n) is 2.35. The van der Waals surface area contributed by atoms with Crippen molar-refractivity contribution in [2.75, 3.05) is 13.1 Å². The normalized spacial score (nSPS) is 19.8. The van der Waals surface area contributed by atoms with Crippen LogP contribution in [0.1, 0.15) is 26.3 Å². The minimum Gasteiger partial charge on any atom is -0.445 e. The van der Waals surface area contributed by atoms with Gasteiger partial charge < -0.3 is 19.1 Å². The molecule has 0 radical (unpaired) electrons. The van der Waals surface area contributed by atoms with E-state index in [2.05, 4.69) is 4.85 Å². The molecule has 25 heavy (non-hydrogen) atoms. The van der Waals surface area contributed by atoms with E-state index in [-0.39, 0.29) is 19.7 Å². The second-order valence-electron chi connectivity index (χ2n) is 6.76. The monoisotopic (exact) mass is 346 g/mol. The number of hydrogen-bond acceptors (Lipinski definition) is 5. The van der Waals surface area contributed by atoms with Gasteiger partial charge in [-0.15, -0.1) is 0 Å². The van der Waals surface area contributed by atoms with Gasteiger partial charge in [0.15, 0.2) is 6.10 Å². The first-order valence-corrected chi connectivity index (χ1v) is 8.00. The molecule has 1 fully saturated rings. The van der Waals surface area contributed by atoms with Crippen LogP contribution in [0.3, 0.4) is 0 Å². The number of likely N-dealkylation sites (tertiary alicyclic amines) is 1. The molecule has 0 bridgehead atoms. The van der Waals surface area contributed by atoms with Crippen LogP contribution in [0.4, 0.5) is 9.59 Å². The average Bonchev–Trinajstić information content (AvgIpc) is 2.94. The second kappa shape index (κ2) is 7.88. The highest BCUT2D eigenvalue weighted by Crippen LogP contribution is 2.20. The number of carbonyl (C=O) groups excluding carboxylic acids is 2. The molecule has 2 rings (SSSR count). The highest BCUT2D eigenvalue weighted by atomic mass is 16.7. The minimum absolute atomic E-state index is 0.111. The first kappa shape index (κ1) is 18.6. The lowest BCUT2D eigenvalue weighted by atomic mass is 10.2. The molecule has 134 valence electrons. The molecular weight excluding hydrogens is 324 g/mol. The zero-order valence-electron chi connectivity index (χ0n) is 14.6. The molecule has 0 saturated carbocycles. The van der Waals surface area contributed by atoms with Gasteiger partial charge in [-0.2, -0.15) is 0 Å². The van der Waals surface area contributed by atoms with Crippen molar-refractivity contribution in [1.82, 2.24) is 4.90 Å². The number of hydrogen-bond donors (Lipinski definition) is 0. The Labute approximate surface area is 147 Å². The number of rotatable bonds is 3. The molecule has 0 N–H and O–H groups in total. The lowest BCUT2D eigenvalue weighted by Crippen LogP contribution is -2.33. The van der Waals surface area contributed by atoms with E-state index in [1.54, 1.807) is 20.8 Å². The zero-order chi connectivity index (χ0) is 18.4. The van der Waals surface area contributed by atoms with Gasteiger partial charge in [0.2, 0.25) is 0 Å². The van der Waals surface area contributed by atoms with E-state index in [0.717, 1.165) is 5.56 Å².